The predicted octanol–water partition coefficient (Wildman–Crippen LogP) is 2.98. The average molecular weight is 368 g/mol. The number of benzene rings is 2. The molecule has 0 atom stereocenters. The predicted molar refractivity (Wildman–Crippen MR) is 103 cm³/mol. The number of halogens is 1. The Kier molecular flexibility index (Phi) is 6.22. The molecule has 2 amide bonds. The topological polar surface area (TPSA) is 40.6 Å². The maximum absolute atomic E-state index is 13.2. The molecule has 27 heavy (non-hydrogen) atoms. The first-order chi connectivity index (χ1) is 13.0. The molecule has 4 nitrogen and oxygen atoms in total. The van der Waals surface area contributed by atoms with Crippen LogP contribution in [0, 0.1) is 12.7 Å². The van der Waals surface area contributed by atoms with Crippen LogP contribution in [0.1, 0.15) is 23.1 Å². The van der Waals surface area contributed by atoms with E-state index in [4.69, 9.17) is 0 Å². The van der Waals surface area contributed by atoms with Gasteiger partial charge in [0.25, 0.3) is 0 Å². The van der Waals surface area contributed by atoms with Crippen molar-refractivity contribution in [3.05, 3.63) is 71.0 Å². The van der Waals surface area contributed by atoms with E-state index < -0.39 is 0 Å². The fourth-order valence-corrected chi connectivity index (χ4v) is 3.30. The van der Waals surface area contributed by atoms with Crippen LogP contribution in [0.15, 0.2) is 48.5 Å². The normalized spacial score (nSPS) is 14.3. The Balaban J connectivity index is 1.44. The lowest BCUT2D eigenvalue weighted by Gasteiger charge is -2.35. The van der Waals surface area contributed by atoms with E-state index in [0.29, 0.717) is 45.4 Å². The molecule has 1 saturated heterocycles. The number of aryl methyl sites for hydroxylation is 2. The molecular weight excluding hydrogens is 343 g/mol. The molecular formula is C22H25FN2O2. The molecule has 1 fully saturated rings. The van der Waals surface area contributed by atoms with Crippen LogP contribution >= 0.6 is 0 Å². The lowest BCUT2D eigenvalue weighted by molar-refractivity contribution is -0.139. The van der Waals surface area contributed by atoms with Crippen molar-refractivity contribution in [2.24, 2.45) is 0 Å². The minimum Gasteiger partial charge on any atom is -0.339 e. The van der Waals surface area contributed by atoms with Gasteiger partial charge in [-0.05, 0) is 36.6 Å². The molecule has 142 valence electrons. The van der Waals surface area contributed by atoms with Gasteiger partial charge in [-0.25, -0.2) is 4.39 Å². The Morgan fingerprint density at radius 2 is 1.52 bits per heavy atom. The summed E-state index contributed by atoms with van der Waals surface area (Å²) >= 11 is 0. The Hall–Kier alpha value is -2.69. The molecule has 3 rings (SSSR count). The van der Waals surface area contributed by atoms with Crippen molar-refractivity contribution in [1.82, 2.24) is 9.80 Å². The van der Waals surface area contributed by atoms with E-state index in [9.17, 15) is 14.0 Å². The molecule has 1 aliphatic heterocycles. The Morgan fingerprint density at radius 1 is 0.889 bits per heavy atom. The zero-order valence-electron chi connectivity index (χ0n) is 15.7. The highest BCUT2D eigenvalue weighted by Crippen LogP contribution is 2.11. The number of carbonyl (C=O) groups excluding carboxylic acids is 2. The van der Waals surface area contributed by atoms with Gasteiger partial charge in [0.05, 0.1) is 6.42 Å². The zero-order chi connectivity index (χ0) is 19.2. The summed E-state index contributed by atoms with van der Waals surface area (Å²) in [5.41, 5.74) is 3.02. The van der Waals surface area contributed by atoms with Crippen molar-refractivity contribution in [3.63, 3.8) is 0 Å². The molecule has 0 unspecified atom stereocenters. The lowest BCUT2D eigenvalue weighted by atomic mass is 10.1. The molecule has 0 radical (unpaired) electrons. The summed E-state index contributed by atoms with van der Waals surface area (Å²) in [5.74, 6) is -0.115. The zero-order valence-corrected chi connectivity index (χ0v) is 15.7. The summed E-state index contributed by atoms with van der Waals surface area (Å²) in [6, 6.07) is 14.4. The van der Waals surface area contributed by atoms with Crippen LogP contribution < -0.4 is 0 Å². The smallest absolute Gasteiger partial charge is 0.227 e. The first-order valence-electron chi connectivity index (χ1n) is 9.37. The van der Waals surface area contributed by atoms with Gasteiger partial charge in [0.15, 0.2) is 0 Å². The van der Waals surface area contributed by atoms with Crippen molar-refractivity contribution in [2.75, 3.05) is 26.2 Å². The van der Waals surface area contributed by atoms with Crippen LogP contribution in [-0.4, -0.2) is 47.8 Å². The van der Waals surface area contributed by atoms with Gasteiger partial charge in [-0.1, -0.05) is 42.0 Å². The van der Waals surface area contributed by atoms with Crippen LogP contribution in [0.2, 0.25) is 0 Å². The standard InChI is InChI=1S/C22H25FN2O2/c1-17-5-7-19(8-6-17)16-22(27)25-13-11-24(12-14-25)21(26)10-9-18-3-2-4-20(23)15-18/h2-8,15H,9-14,16H2,1H3. The van der Waals surface area contributed by atoms with Crippen molar-refractivity contribution in [2.45, 2.75) is 26.2 Å². The van der Waals surface area contributed by atoms with Crippen LogP contribution in [0.5, 0.6) is 0 Å². The van der Waals surface area contributed by atoms with E-state index in [1.807, 2.05) is 42.2 Å². The summed E-state index contributed by atoms with van der Waals surface area (Å²) in [6.07, 6.45) is 1.29. The summed E-state index contributed by atoms with van der Waals surface area (Å²) in [5, 5.41) is 0. The van der Waals surface area contributed by atoms with Gasteiger partial charge in [0, 0.05) is 32.6 Å². The SMILES string of the molecule is Cc1ccc(CC(=O)N2CCN(C(=O)CCc3cccc(F)c3)CC2)cc1. The molecule has 5 heteroatoms. The molecule has 0 N–H and O–H groups in total. The quantitative estimate of drug-likeness (QED) is 0.814. The van der Waals surface area contributed by atoms with Gasteiger partial charge in [-0.15, -0.1) is 0 Å². The van der Waals surface area contributed by atoms with Crippen molar-refractivity contribution < 1.29 is 14.0 Å². The minimum atomic E-state index is -0.277. The summed E-state index contributed by atoms with van der Waals surface area (Å²) < 4.78 is 13.2. The fraction of sp³-hybridized carbons (Fsp3) is 0.364. The Labute approximate surface area is 159 Å². The molecule has 2 aromatic carbocycles. The van der Waals surface area contributed by atoms with E-state index in [2.05, 4.69) is 0 Å². The van der Waals surface area contributed by atoms with Gasteiger partial charge in [0.2, 0.25) is 11.8 Å². The highest BCUT2D eigenvalue weighted by atomic mass is 19.1. The number of hydrogen-bond acceptors (Lipinski definition) is 2. The van der Waals surface area contributed by atoms with Crippen molar-refractivity contribution in [1.29, 1.82) is 0 Å². The summed E-state index contributed by atoms with van der Waals surface area (Å²) in [4.78, 5) is 28.5. The van der Waals surface area contributed by atoms with Gasteiger partial charge in [-0.2, -0.15) is 0 Å². The monoisotopic (exact) mass is 368 g/mol. The Morgan fingerprint density at radius 3 is 2.15 bits per heavy atom. The maximum Gasteiger partial charge on any atom is 0.227 e. The highest BCUT2D eigenvalue weighted by Gasteiger charge is 2.23. The number of carbonyl (C=O) groups is 2. The third-order valence-electron chi connectivity index (χ3n) is 4.98. The van der Waals surface area contributed by atoms with E-state index >= 15 is 0 Å². The van der Waals surface area contributed by atoms with E-state index in [-0.39, 0.29) is 17.6 Å². The molecule has 0 saturated carbocycles. The first-order valence-corrected chi connectivity index (χ1v) is 9.37. The van der Waals surface area contributed by atoms with Crippen LogP contribution in [0.4, 0.5) is 4.39 Å². The second-order valence-corrected chi connectivity index (χ2v) is 7.05. The third kappa shape index (κ3) is 5.39. The third-order valence-corrected chi connectivity index (χ3v) is 4.98. The van der Waals surface area contributed by atoms with Gasteiger partial charge >= 0.3 is 0 Å². The van der Waals surface area contributed by atoms with Gasteiger partial charge in [0.1, 0.15) is 5.82 Å². The number of amides is 2. The van der Waals surface area contributed by atoms with Crippen molar-refractivity contribution in [3.8, 4) is 0 Å². The molecule has 0 bridgehead atoms. The van der Waals surface area contributed by atoms with Crippen molar-refractivity contribution >= 4 is 11.8 Å². The highest BCUT2D eigenvalue weighted by molar-refractivity contribution is 5.80. The number of hydrogen-bond donors (Lipinski definition) is 0. The largest absolute Gasteiger partial charge is 0.339 e. The number of rotatable bonds is 5. The van der Waals surface area contributed by atoms with Crippen LogP contribution in [0.3, 0.4) is 0 Å². The molecule has 1 heterocycles. The number of nitrogens with zero attached hydrogens (tertiary/aromatic N) is 2. The van der Waals surface area contributed by atoms with Crippen LogP contribution in [-0.2, 0) is 22.4 Å². The Bertz CT molecular complexity index is 796. The maximum atomic E-state index is 13.2. The molecule has 0 aromatic heterocycles. The number of piperazine rings is 1. The molecule has 1 aliphatic rings. The van der Waals surface area contributed by atoms with Crippen LogP contribution in [0.25, 0.3) is 0 Å². The second-order valence-electron chi connectivity index (χ2n) is 7.05. The van der Waals surface area contributed by atoms with Gasteiger partial charge < -0.3 is 9.80 Å². The molecule has 0 aliphatic carbocycles. The van der Waals surface area contributed by atoms with E-state index in [1.165, 1.54) is 17.7 Å². The van der Waals surface area contributed by atoms with Gasteiger partial charge in [-0.3, -0.25) is 9.59 Å². The minimum absolute atomic E-state index is 0.0601. The average Bonchev–Trinajstić information content (AvgIpc) is 2.68. The molecule has 2 aromatic rings. The second kappa shape index (κ2) is 8.80. The van der Waals surface area contributed by atoms with E-state index in [0.717, 1.165) is 11.1 Å². The summed E-state index contributed by atoms with van der Waals surface area (Å²) in [6.45, 7) is 4.27. The van der Waals surface area contributed by atoms with E-state index in [1.54, 1.807) is 11.0 Å². The first kappa shape index (κ1) is 19.1. The molecule has 0 spiro atoms. The fourth-order valence-electron chi connectivity index (χ4n) is 3.30. The lowest BCUT2D eigenvalue weighted by Crippen LogP contribution is -2.51. The summed E-state index contributed by atoms with van der Waals surface area (Å²) in [7, 11) is 0.